The van der Waals surface area contributed by atoms with Crippen LogP contribution in [0.2, 0.25) is 0 Å². The van der Waals surface area contributed by atoms with E-state index in [9.17, 15) is 5.11 Å². The molecule has 0 amide bonds. The lowest BCUT2D eigenvalue weighted by atomic mass is 9.67. The van der Waals surface area contributed by atoms with Crippen molar-refractivity contribution in [3.05, 3.63) is 0 Å². The van der Waals surface area contributed by atoms with E-state index in [1.807, 2.05) is 0 Å². The van der Waals surface area contributed by atoms with Gasteiger partial charge in [-0.25, -0.2) is 0 Å². The lowest BCUT2D eigenvalue weighted by Gasteiger charge is -2.41. The largest absolute Gasteiger partial charge is 0.390 e. The van der Waals surface area contributed by atoms with Crippen molar-refractivity contribution in [3.8, 4) is 0 Å². The highest BCUT2D eigenvalue weighted by Gasteiger charge is 2.36. The van der Waals surface area contributed by atoms with Crippen LogP contribution >= 0.6 is 0 Å². The third kappa shape index (κ3) is 6.40. The second-order valence-electron chi connectivity index (χ2n) is 8.80. The van der Waals surface area contributed by atoms with Crippen molar-refractivity contribution in [2.45, 2.75) is 122 Å². The Labute approximate surface area is 145 Å². The summed E-state index contributed by atoms with van der Waals surface area (Å²) < 4.78 is 0. The van der Waals surface area contributed by atoms with Gasteiger partial charge in [0.1, 0.15) is 0 Å². The van der Waals surface area contributed by atoms with E-state index in [0.717, 1.165) is 37.0 Å². The van der Waals surface area contributed by atoms with Crippen molar-refractivity contribution in [1.82, 2.24) is 0 Å². The predicted octanol–water partition coefficient (Wildman–Crippen LogP) is 6.87. The van der Waals surface area contributed by atoms with Crippen LogP contribution in [0.15, 0.2) is 0 Å². The van der Waals surface area contributed by atoms with Crippen LogP contribution in [-0.4, -0.2) is 10.7 Å². The summed E-state index contributed by atoms with van der Waals surface area (Å²) in [7, 11) is 0. The van der Waals surface area contributed by atoms with Gasteiger partial charge >= 0.3 is 0 Å². The van der Waals surface area contributed by atoms with Crippen LogP contribution in [0.25, 0.3) is 0 Å². The molecule has 2 saturated carbocycles. The van der Waals surface area contributed by atoms with Crippen molar-refractivity contribution in [2.24, 2.45) is 17.8 Å². The van der Waals surface area contributed by atoms with E-state index in [2.05, 4.69) is 13.8 Å². The molecule has 1 N–H and O–H groups in total. The maximum absolute atomic E-state index is 10.8. The molecule has 0 aromatic carbocycles. The number of unbranched alkanes of at least 4 members (excludes halogenated alkanes) is 4. The van der Waals surface area contributed by atoms with Crippen LogP contribution in [0.3, 0.4) is 0 Å². The molecule has 0 saturated heterocycles. The van der Waals surface area contributed by atoms with Crippen molar-refractivity contribution >= 4 is 0 Å². The van der Waals surface area contributed by atoms with Crippen molar-refractivity contribution in [3.63, 3.8) is 0 Å². The Morgan fingerprint density at radius 2 is 1.30 bits per heavy atom. The molecule has 0 radical (unpaired) electrons. The van der Waals surface area contributed by atoms with Gasteiger partial charge in [-0.05, 0) is 62.7 Å². The molecule has 0 heterocycles. The highest BCUT2D eigenvalue weighted by Crippen LogP contribution is 2.44. The third-order valence-corrected chi connectivity index (χ3v) is 6.98. The summed E-state index contributed by atoms with van der Waals surface area (Å²) >= 11 is 0. The molecular weight excluding hydrogens is 280 g/mol. The van der Waals surface area contributed by atoms with Crippen LogP contribution in [-0.2, 0) is 0 Å². The minimum absolute atomic E-state index is 0.303. The van der Waals surface area contributed by atoms with Gasteiger partial charge in [0.25, 0.3) is 0 Å². The minimum Gasteiger partial charge on any atom is -0.390 e. The molecule has 23 heavy (non-hydrogen) atoms. The highest BCUT2D eigenvalue weighted by molar-refractivity contribution is 4.89. The molecule has 0 bridgehead atoms. The Morgan fingerprint density at radius 3 is 1.91 bits per heavy atom. The summed E-state index contributed by atoms with van der Waals surface area (Å²) in [6.07, 6.45) is 21.3. The quantitative estimate of drug-likeness (QED) is 0.459. The Bertz CT molecular complexity index is 295. The van der Waals surface area contributed by atoms with Gasteiger partial charge < -0.3 is 5.11 Å². The van der Waals surface area contributed by atoms with E-state index >= 15 is 0 Å². The minimum atomic E-state index is -0.303. The van der Waals surface area contributed by atoms with Crippen LogP contribution in [0.5, 0.6) is 0 Å². The molecule has 2 aliphatic carbocycles. The Kier molecular flexibility index (Phi) is 8.44. The monoisotopic (exact) mass is 322 g/mol. The molecule has 0 aromatic heterocycles. The van der Waals surface area contributed by atoms with Crippen molar-refractivity contribution < 1.29 is 5.11 Å². The predicted molar refractivity (Wildman–Crippen MR) is 101 cm³/mol. The van der Waals surface area contributed by atoms with Gasteiger partial charge in [-0.2, -0.15) is 0 Å². The second-order valence-corrected chi connectivity index (χ2v) is 8.80. The van der Waals surface area contributed by atoms with E-state index < -0.39 is 0 Å². The number of aliphatic hydroxyl groups is 1. The van der Waals surface area contributed by atoms with E-state index in [4.69, 9.17) is 0 Å². The molecule has 0 aromatic rings. The Hall–Kier alpha value is -0.0400. The molecule has 0 unspecified atom stereocenters. The summed E-state index contributed by atoms with van der Waals surface area (Å²) in [5.41, 5.74) is -0.303. The fraction of sp³-hybridized carbons (Fsp3) is 1.00. The first-order valence-electron chi connectivity index (χ1n) is 10.9. The first-order chi connectivity index (χ1) is 11.2. The lowest BCUT2D eigenvalue weighted by Crippen LogP contribution is -2.36. The zero-order valence-corrected chi connectivity index (χ0v) is 16.0. The van der Waals surface area contributed by atoms with Crippen LogP contribution < -0.4 is 0 Å². The van der Waals surface area contributed by atoms with Gasteiger partial charge in [-0.15, -0.1) is 0 Å². The SMILES string of the molecule is CCCCCC1(O)CCC([C@H]2CC[C@H](CCCCC)CC2)CC1. The van der Waals surface area contributed by atoms with Gasteiger partial charge in [0.15, 0.2) is 0 Å². The molecule has 0 spiro atoms. The average Bonchev–Trinajstić information content (AvgIpc) is 2.57. The molecule has 1 nitrogen and oxygen atoms in total. The van der Waals surface area contributed by atoms with Gasteiger partial charge in [-0.3, -0.25) is 0 Å². The number of hydrogen-bond acceptors (Lipinski definition) is 1. The molecular formula is C22H42O. The number of hydrogen-bond donors (Lipinski definition) is 1. The zero-order valence-electron chi connectivity index (χ0n) is 16.0. The Balaban J connectivity index is 1.64. The molecule has 0 aliphatic heterocycles. The van der Waals surface area contributed by atoms with Gasteiger partial charge in [0, 0.05) is 0 Å². The van der Waals surface area contributed by atoms with Crippen LogP contribution in [0.4, 0.5) is 0 Å². The Morgan fingerprint density at radius 1 is 0.739 bits per heavy atom. The van der Waals surface area contributed by atoms with E-state index in [-0.39, 0.29) is 5.60 Å². The lowest BCUT2D eigenvalue weighted by molar-refractivity contribution is -0.0293. The normalized spacial score (nSPS) is 35.3. The highest BCUT2D eigenvalue weighted by atomic mass is 16.3. The maximum atomic E-state index is 10.8. The maximum Gasteiger partial charge on any atom is 0.0648 e. The first kappa shape index (κ1) is 19.3. The smallest absolute Gasteiger partial charge is 0.0648 e. The second kappa shape index (κ2) is 10.1. The van der Waals surface area contributed by atoms with Gasteiger partial charge in [0.05, 0.1) is 5.60 Å². The first-order valence-corrected chi connectivity index (χ1v) is 10.9. The molecule has 2 fully saturated rings. The van der Waals surface area contributed by atoms with Gasteiger partial charge in [-0.1, -0.05) is 71.6 Å². The average molecular weight is 323 g/mol. The summed E-state index contributed by atoms with van der Waals surface area (Å²) in [6, 6.07) is 0. The molecule has 1 heteroatoms. The van der Waals surface area contributed by atoms with Crippen molar-refractivity contribution in [1.29, 1.82) is 0 Å². The summed E-state index contributed by atoms with van der Waals surface area (Å²) in [5, 5.41) is 10.8. The third-order valence-electron chi connectivity index (χ3n) is 6.98. The molecule has 2 rings (SSSR count). The summed E-state index contributed by atoms with van der Waals surface area (Å²) in [4.78, 5) is 0. The van der Waals surface area contributed by atoms with Crippen LogP contribution in [0.1, 0.15) is 117 Å². The summed E-state index contributed by atoms with van der Waals surface area (Å²) in [5.74, 6) is 2.95. The molecule has 2 aliphatic rings. The fourth-order valence-corrected chi connectivity index (χ4v) is 5.23. The van der Waals surface area contributed by atoms with Crippen molar-refractivity contribution in [2.75, 3.05) is 0 Å². The number of rotatable bonds is 9. The fourth-order valence-electron chi connectivity index (χ4n) is 5.23. The van der Waals surface area contributed by atoms with E-state index in [1.165, 1.54) is 83.5 Å². The summed E-state index contributed by atoms with van der Waals surface area (Å²) in [6.45, 7) is 4.56. The van der Waals surface area contributed by atoms with Crippen LogP contribution in [0, 0.1) is 17.8 Å². The van der Waals surface area contributed by atoms with E-state index in [1.54, 1.807) is 0 Å². The topological polar surface area (TPSA) is 20.2 Å². The van der Waals surface area contributed by atoms with Gasteiger partial charge in [0.2, 0.25) is 0 Å². The van der Waals surface area contributed by atoms with E-state index in [0.29, 0.717) is 0 Å². The molecule has 0 atom stereocenters. The molecule has 136 valence electrons. The standard InChI is InChI=1S/C22H42O/c1-3-5-7-9-19-10-12-20(13-11-19)21-14-17-22(23,18-15-21)16-8-6-4-2/h19-21,23H,3-18H2,1-2H3/t19-,20-,21?,22?. The zero-order chi connectivity index (χ0) is 16.5.